The summed E-state index contributed by atoms with van der Waals surface area (Å²) in [4.78, 5) is 8.43. The first-order valence-electron chi connectivity index (χ1n) is 8.95. The monoisotopic (exact) mass is 359 g/mol. The number of aryl methyl sites for hydroxylation is 3. The van der Waals surface area contributed by atoms with Gasteiger partial charge in [0, 0.05) is 12.1 Å². The van der Waals surface area contributed by atoms with E-state index >= 15 is 0 Å². The van der Waals surface area contributed by atoms with Crippen LogP contribution in [0.3, 0.4) is 0 Å². The van der Waals surface area contributed by atoms with Crippen LogP contribution in [0.2, 0.25) is 0 Å². The summed E-state index contributed by atoms with van der Waals surface area (Å²) in [6.45, 7) is 2.79. The third-order valence-electron chi connectivity index (χ3n) is 4.62. The van der Waals surface area contributed by atoms with Crippen LogP contribution in [0.15, 0.2) is 48.5 Å². The Labute approximate surface area is 157 Å². The van der Waals surface area contributed by atoms with E-state index in [0.29, 0.717) is 12.2 Å². The van der Waals surface area contributed by atoms with Crippen LogP contribution in [0.5, 0.6) is 0 Å². The molecule has 0 fully saturated rings. The van der Waals surface area contributed by atoms with E-state index in [4.69, 9.17) is 11.5 Å². The van der Waals surface area contributed by atoms with Gasteiger partial charge in [0.2, 0.25) is 5.95 Å². The van der Waals surface area contributed by atoms with Crippen LogP contribution < -0.4 is 11.5 Å². The quantitative estimate of drug-likeness (QED) is 0.567. The zero-order chi connectivity index (χ0) is 18.8. The van der Waals surface area contributed by atoms with E-state index in [1.165, 1.54) is 5.56 Å². The topological polar surface area (TPSA) is 109 Å². The molecule has 2 heterocycles. The Kier molecular flexibility index (Phi) is 4.42. The van der Waals surface area contributed by atoms with Crippen LogP contribution >= 0.6 is 0 Å². The highest BCUT2D eigenvalue weighted by Crippen LogP contribution is 2.30. The smallest absolute Gasteiger partial charge is 0.222 e. The normalized spacial score (nSPS) is 11.1. The van der Waals surface area contributed by atoms with Gasteiger partial charge >= 0.3 is 0 Å². The molecule has 0 spiro atoms. The van der Waals surface area contributed by atoms with Gasteiger partial charge in [0.05, 0.1) is 11.2 Å². The second-order valence-corrected chi connectivity index (χ2v) is 6.39. The molecular formula is C20H21N7. The lowest BCUT2D eigenvalue weighted by Crippen LogP contribution is -2.06. The van der Waals surface area contributed by atoms with Gasteiger partial charge in [-0.25, -0.2) is 9.67 Å². The second kappa shape index (κ2) is 7.03. The minimum atomic E-state index is 0.195. The zero-order valence-corrected chi connectivity index (χ0v) is 15.1. The molecule has 4 rings (SSSR count). The molecule has 4 N–H and O–H groups in total. The highest BCUT2D eigenvalue weighted by Gasteiger charge is 2.14. The maximum atomic E-state index is 6.12. The number of nitrogens with two attached hydrogens (primary N) is 2. The van der Waals surface area contributed by atoms with Gasteiger partial charge in [-0.3, -0.25) is 0 Å². The molecule has 136 valence electrons. The summed E-state index contributed by atoms with van der Waals surface area (Å²) < 4.78 is 1.93. The fraction of sp³-hybridized carbons (Fsp3) is 0.200. The van der Waals surface area contributed by atoms with Crippen LogP contribution in [0.1, 0.15) is 18.2 Å². The van der Waals surface area contributed by atoms with E-state index in [9.17, 15) is 0 Å². The Balaban J connectivity index is 1.67. The number of benzene rings is 2. The van der Waals surface area contributed by atoms with Crippen molar-refractivity contribution in [3.8, 4) is 11.1 Å². The Morgan fingerprint density at radius 1 is 1.00 bits per heavy atom. The first-order valence-corrected chi connectivity index (χ1v) is 8.95. The molecule has 7 heteroatoms. The summed E-state index contributed by atoms with van der Waals surface area (Å²) in [7, 11) is 0. The van der Waals surface area contributed by atoms with Crippen molar-refractivity contribution in [3.63, 3.8) is 0 Å². The number of aromatic nitrogens is 5. The summed E-state index contributed by atoms with van der Waals surface area (Å²) in [5.74, 6) is 0.580. The lowest BCUT2D eigenvalue weighted by molar-refractivity contribution is 0.606. The van der Waals surface area contributed by atoms with Crippen molar-refractivity contribution in [1.29, 1.82) is 0 Å². The number of hydrogen-bond acceptors (Lipinski definition) is 6. The molecule has 0 radical (unpaired) electrons. The van der Waals surface area contributed by atoms with Crippen LogP contribution in [0, 0.1) is 0 Å². The lowest BCUT2D eigenvalue weighted by Gasteiger charge is -2.11. The highest BCUT2D eigenvalue weighted by molar-refractivity contribution is 5.85. The summed E-state index contributed by atoms with van der Waals surface area (Å²) in [5, 5.41) is 8.63. The Morgan fingerprint density at radius 2 is 1.81 bits per heavy atom. The second-order valence-electron chi connectivity index (χ2n) is 6.39. The van der Waals surface area contributed by atoms with E-state index in [2.05, 4.69) is 32.4 Å². The number of hydrogen-bond donors (Lipinski definition) is 2. The fourth-order valence-corrected chi connectivity index (χ4v) is 3.29. The van der Waals surface area contributed by atoms with E-state index in [-0.39, 0.29) is 5.95 Å². The standard InChI is InChI=1S/C20H21N7/c1-2-15-18(19(21)24-20(22)23-15)14-8-9-17-16(12-14)25-26-27(17)11-10-13-6-4-3-5-7-13/h3-9,12H,2,10-11H2,1H3,(H4,21,22,23,24). The van der Waals surface area contributed by atoms with E-state index < -0.39 is 0 Å². The van der Waals surface area contributed by atoms with E-state index in [0.717, 1.165) is 40.8 Å². The van der Waals surface area contributed by atoms with Crippen molar-refractivity contribution < 1.29 is 0 Å². The molecule has 0 saturated heterocycles. The molecule has 0 aliphatic carbocycles. The molecule has 0 atom stereocenters. The largest absolute Gasteiger partial charge is 0.383 e. The van der Waals surface area contributed by atoms with Gasteiger partial charge in [-0.05, 0) is 36.1 Å². The minimum Gasteiger partial charge on any atom is -0.383 e. The number of nitrogens with zero attached hydrogens (tertiary/aromatic N) is 5. The van der Waals surface area contributed by atoms with E-state index in [1.54, 1.807) is 0 Å². The molecule has 0 aliphatic rings. The molecule has 0 aliphatic heterocycles. The average molecular weight is 359 g/mol. The van der Waals surface area contributed by atoms with Gasteiger partial charge in [-0.1, -0.05) is 48.5 Å². The van der Waals surface area contributed by atoms with Crippen LogP contribution in [-0.2, 0) is 19.4 Å². The third-order valence-corrected chi connectivity index (χ3v) is 4.62. The maximum Gasteiger partial charge on any atom is 0.222 e. The van der Waals surface area contributed by atoms with Crippen molar-refractivity contribution in [2.24, 2.45) is 0 Å². The van der Waals surface area contributed by atoms with Gasteiger partial charge < -0.3 is 11.5 Å². The molecule has 0 bridgehead atoms. The number of rotatable bonds is 5. The predicted molar refractivity (Wildman–Crippen MR) is 107 cm³/mol. The molecule has 4 aromatic rings. The molecular weight excluding hydrogens is 338 g/mol. The number of anilines is 2. The van der Waals surface area contributed by atoms with Gasteiger partial charge in [0.15, 0.2) is 0 Å². The Hall–Kier alpha value is -3.48. The zero-order valence-electron chi connectivity index (χ0n) is 15.1. The first kappa shape index (κ1) is 17.0. The molecule has 2 aromatic heterocycles. The van der Waals surface area contributed by atoms with Gasteiger partial charge in [0.25, 0.3) is 0 Å². The molecule has 0 unspecified atom stereocenters. The van der Waals surface area contributed by atoms with Crippen LogP contribution in [-0.4, -0.2) is 25.0 Å². The fourth-order valence-electron chi connectivity index (χ4n) is 3.29. The van der Waals surface area contributed by atoms with Gasteiger partial charge in [-0.2, -0.15) is 4.98 Å². The van der Waals surface area contributed by atoms with Gasteiger partial charge in [0.1, 0.15) is 11.3 Å². The van der Waals surface area contributed by atoms with Crippen LogP contribution in [0.25, 0.3) is 22.2 Å². The van der Waals surface area contributed by atoms with Crippen molar-refractivity contribution in [3.05, 3.63) is 59.8 Å². The SMILES string of the molecule is CCc1nc(N)nc(N)c1-c1ccc2c(c1)nnn2CCc1ccccc1. The van der Waals surface area contributed by atoms with Crippen molar-refractivity contribution in [1.82, 2.24) is 25.0 Å². The lowest BCUT2D eigenvalue weighted by atomic mass is 10.0. The molecule has 0 amide bonds. The van der Waals surface area contributed by atoms with Gasteiger partial charge in [-0.15, -0.1) is 5.10 Å². The Morgan fingerprint density at radius 3 is 2.59 bits per heavy atom. The summed E-state index contributed by atoms with van der Waals surface area (Å²) in [5.41, 5.74) is 17.5. The molecule has 7 nitrogen and oxygen atoms in total. The van der Waals surface area contributed by atoms with Crippen molar-refractivity contribution in [2.75, 3.05) is 11.5 Å². The molecule has 27 heavy (non-hydrogen) atoms. The minimum absolute atomic E-state index is 0.195. The van der Waals surface area contributed by atoms with Crippen LogP contribution in [0.4, 0.5) is 11.8 Å². The highest BCUT2D eigenvalue weighted by atomic mass is 15.4. The molecule has 2 aromatic carbocycles. The summed E-state index contributed by atoms with van der Waals surface area (Å²) >= 11 is 0. The maximum absolute atomic E-state index is 6.12. The number of fused-ring (bicyclic) bond motifs is 1. The predicted octanol–water partition coefficient (Wildman–Crippen LogP) is 2.86. The molecule has 0 saturated carbocycles. The summed E-state index contributed by atoms with van der Waals surface area (Å²) in [6, 6.07) is 16.4. The van der Waals surface area contributed by atoms with E-state index in [1.807, 2.05) is 48.0 Å². The van der Waals surface area contributed by atoms with Crippen molar-refractivity contribution >= 4 is 22.8 Å². The first-order chi connectivity index (χ1) is 13.2. The van der Waals surface area contributed by atoms with Crippen molar-refractivity contribution in [2.45, 2.75) is 26.3 Å². The Bertz CT molecular complexity index is 1090. The average Bonchev–Trinajstić information content (AvgIpc) is 3.08. The number of nitrogen functional groups attached to an aromatic ring is 2. The summed E-state index contributed by atoms with van der Waals surface area (Å²) in [6.07, 6.45) is 1.62. The third kappa shape index (κ3) is 3.31.